The lowest BCUT2D eigenvalue weighted by Crippen LogP contribution is -2.44. The van der Waals surface area contributed by atoms with Crippen molar-refractivity contribution >= 4 is 17.6 Å². The maximum Gasteiger partial charge on any atom is 0.309 e. The van der Waals surface area contributed by atoms with Gasteiger partial charge >= 0.3 is 11.8 Å². The first-order chi connectivity index (χ1) is 11.7. The monoisotopic (exact) mass is 328 g/mol. The second-order valence-electron chi connectivity index (χ2n) is 6.23. The van der Waals surface area contributed by atoms with Gasteiger partial charge in [-0.25, -0.2) is 9.97 Å². The zero-order valence-electron chi connectivity index (χ0n) is 13.4. The number of carbonyl (C=O) groups is 2. The molecule has 126 valence electrons. The van der Waals surface area contributed by atoms with Crippen LogP contribution in [-0.2, 0) is 9.59 Å². The number of rotatable bonds is 4. The Morgan fingerprint density at radius 1 is 1.17 bits per heavy atom. The number of hydrogen-bond donors (Lipinski definition) is 2. The summed E-state index contributed by atoms with van der Waals surface area (Å²) in [6, 6.07) is 2.25. The van der Waals surface area contributed by atoms with E-state index in [1.807, 2.05) is 4.90 Å². The molecule has 8 heteroatoms. The van der Waals surface area contributed by atoms with E-state index >= 15 is 0 Å². The van der Waals surface area contributed by atoms with Gasteiger partial charge in [0.25, 0.3) is 0 Å². The van der Waals surface area contributed by atoms with Gasteiger partial charge in [0.1, 0.15) is 6.07 Å². The van der Waals surface area contributed by atoms with Gasteiger partial charge in [0.2, 0.25) is 0 Å². The van der Waals surface area contributed by atoms with E-state index in [4.69, 9.17) is 5.26 Å². The van der Waals surface area contributed by atoms with Crippen LogP contribution in [0.2, 0.25) is 0 Å². The Morgan fingerprint density at radius 3 is 2.54 bits per heavy atom. The van der Waals surface area contributed by atoms with E-state index in [0.29, 0.717) is 24.0 Å². The Balaban J connectivity index is 1.44. The molecule has 0 unspecified atom stereocenters. The fraction of sp³-hybridized carbons (Fsp3) is 0.562. The Morgan fingerprint density at radius 2 is 1.88 bits per heavy atom. The SMILES string of the molecule is N#Cc1nccnc1N1CCC(CNC(=O)C(=O)NC2CC2)CC1. The highest BCUT2D eigenvalue weighted by molar-refractivity contribution is 6.35. The van der Waals surface area contributed by atoms with Gasteiger partial charge in [-0.05, 0) is 31.6 Å². The lowest BCUT2D eigenvalue weighted by molar-refractivity contribution is -0.139. The number of nitrogens with one attached hydrogen (secondary N) is 2. The van der Waals surface area contributed by atoms with Crippen LogP contribution in [0, 0.1) is 17.2 Å². The van der Waals surface area contributed by atoms with Crippen LogP contribution in [0.1, 0.15) is 31.4 Å². The van der Waals surface area contributed by atoms with Crippen molar-refractivity contribution in [3.63, 3.8) is 0 Å². The topological polar surface area (TPSA) is 111 Å². The van der Waals surface area contributed by atoms with Crippen LogP contribution in [0.15, 0.2) is 12.4 Å². The lowest BCUT2D eigenvalue weighted by atomic mass is 9.96. The van der Waals surface area contributed by atoms with Crippen LogP contribution in [0.4, 0.5) is 5.82 Å². The molecule has 1 saturated heterocycles. The van der Waals surface area contributed by atoms with E-state index in [0.717, 1.165) is 38.8 Å². The predicted octanol–water partition coefficient (Wildman–Crippen LogP) is -0.0405. The molecular weight excluding hydrogens is 308 g/mol. The van der Waals surface area contributed by atoms with Crippen LogP contribution >= 0.6 is 0 Å². The van der Waals surface area contributed by atoms with Crippen molar-refractivity contribution < 1.29 is 9.59 Å². The zero-order chi connectivity index (χ0) is 16.9. The molecule has 2 N–H and O–H groups in total. The van der Waals surface area contributed by atoms with Crippen molar-refractivity contribution in [3.8, 4) is 6.07 Å². The number of nitrogens with zero attached hydrogens (tertiary/aromatic N) is 4. The summed E-state index contributed by atoms with van der Waals surface area (Å²) in [6.45, 7) is 2.00. The van der Waals surface area contributed by atoms with E-state index in [1.54, 1.807) is 6.20 Å². The van der Waals surface area contributed by atoms with Crippen molar-refractivity contribution in [1.29, 1.82) is 5.26 Å². The average Bonchev–Trinajstić information content (AvgIpc) is 3.44. The maximum absolute atomic E-state index is 11.7. The van der Waals surface area contributed by atoms with Crippen molar-refractivity contribution in [2.45, 2.75) is 31.7 Å². The molecule has 0 atom stereocenters. The number of piperidine rings is 1. The molecule has 2 fully saturated rings. The van der Waals surface area contributed by atoms with Gasteiger partial charge in [0.05, 0.1) is 0 Å². The van der Waals surface area contributed by atoms with E-state index in [-0.39, 0.29) is 6.04 Å². The molecule has 24 heavy (non-hydrogen) atoms. The second kappa shape index (κ2) is 7.25. The third kappa shape index (κ3) is 3.98. The van der Waals surface area contributed by atoms with Crippen molar-refractivity contribution in [2.75, 3.05) is 24.5 Å². The molecule has 3 rings (SSSR count). The largest absolute Gasteiger partial charge is 0.354 e. The minimum absolute atomic E-state index is 0.188. The van der Waals surface area contributed by atoms with Gasteiger partial charge in [-0.15, -0.1) is 0 Å². The molecule has 1 aromatic heterocycles. The molecule has 2 aliphatic rings. The summed E-state index contributed by atoms with van der Waals surface area (Å²) in [5, 5.41) is 14.5. The lowest BCUT2D eigenvalue weighted by Gasteiger charge is -2.32. The van der Waals surface area contributed by atoms with Crippen LogP contribution in [-0.4, -0.2) is 47.5 Å². The quantitative estimate of drug-likeness (QED) is 0.750. The third-order valence-corrected chi connectivity index (χ3v) is 4.37. The molecule has 1 aliphatic heterocycles. The fourth-order valence-electron chi connectivity index (χ4n) is 2.79. The number of nitriles is 1. The Kier molecular flexibility index (Phi) is 4.89. The van der Waals surface area contributed by atoms with Gasteiger partial charge in [-0.3, -0.25) is 9.59 Å². The van der Waals surface area contributed by atoms with E-state index in [1.165, 1.54) is 6.20 Å². The molecule has 0 radical (unpaired) electrons. The van der Waals surface area contributed by atoms with Crippen molar-refractivity contribution in [1.82, 2.24) is 20.6 Å². The predicted molar refractivity (Wildman–Crippen MR) is 85.9 cm³/mol. The fourth-order valence-corrected chi connectivity index (χ4v) is 2.79. The van der Waals surface area contributed by atoms with Crippen LogP contribution in [0.5, 0.6) is 0 Å². The highest BCUT2D eigenvalue weighted by Crippen LogP contribution is 2.23. The van der Waals surface area contributed by atoms with Crippen LogP contribution < -0.4 is 15.5 Å². The minimum atomic E-state index is -0.551. The van der Waals surface area contributed by atoms with Crippen LogP contribution in [0.25, 0.3) is 0 Å². The molecule has 1 aromatic rings. The summed E-state index contributed by atoms with van der Waals surface area (Å²) >= 11 is 0. The Hall–Kier alpha value is -2.69. The number of amides is 2. The van der Waals surface area contributed by atoms with Gasteiger partial charge in [0.15, 0.2) is 11.5 Å². The molecule has 2 amide bonds. The van der Waals surface area contributed by atoms with Crippen molar-refractivity contribution in [3.05, 3.63) is 18.1 Å². The zero-order valence-corrected chi connectivity index (χ0v) is 13.4. The number of hydrogen-bond acceptors (Lipinski definition) is 6. The molecule has 8 nitrogen and oxygen atoms in total. The minimum Gasteiger partial charge on any atom is -0.354 e. The summed E-state index contributed by atoms with van der Waals surface area (Å²) in [4.78, 5) is 33.7. The summed E-state index contributed by atoms with van der Waals surface area (Å²) in [7, 11) is 0. The van der Waals surface area contributed by atoms with Gasteiger partial charge in [-0.1, -0.05) is 0 Å². The molecule has 2 heterocycles. The first kappa shape index (κ1) is 16.2. The Bertz CT molecular complexity index is 659. The second-order valence-corrected chi connectivity index (χ2v) is 6.23. The van der Waals surface area contributed by atoms with Gasteiger partial charge in [-0.2, -0.15) is 5.26 Å². The average molecular weight is 328 g/mol. The third-order valence-electron chi connectivity index (χ3n) is 4.37. The van der Waals surface area contributed by atoms with E-state index in [2.05, 4.69) is 26.7 Å². The summed E-state index contributed by atoms with van der Waals surface area (Å²) in [5.41, 5.74) is 0.334. The highest BCUT2D eigenvalue weighted by Gasteiger charge is 2.27. The van der Waals surface area contributed by atoms with E-state index in [9.17, 15) is 9.59 Å². The first-order valence-corrected chi connectivity index (χ1v) is 8.22. The molecule has 0 spiro atoms. The summed E-state index contributed by atoms with van der Waals surface area (Å²) in [6.07, 6.45) is 6.75. The molecule has 1 saturated carbocycles. The first-order valence-electron chi connectivity index (χ1n) is 8.22. The van der Waals surface area contributed by atoms with Crippen molar-refractivity contribution in [2.24, 2.45) is 5.92 Å². The molecule has 0 bridgehead atoms. The molecule has 1 aliphatic carbocycles. The van der Waals surface area contributed by atoms with E-state index < -0.39 is 11.8 Å². The number of aromatic nitrogens is 2. The smallest absolute Gasteiger partial charge is 0.309 e. The van der Waals surface area contributed by atoms with Crippen LogP contribution in [0.3, 0.4) is 0 Å². The summed E-state index contributed by atoms with van der Waals surface area (Å²) in [5.74, 6) is -0.148. The Labute approximate surface area is 140 Å². The summed E-state index contributed by atoms with van der Waals surface area (Å²) < 4.78 is 0. The number of carbonyl (C=O) groups excluding carboxylic acids is 2. The maximum atomic E-state index is 11.7. The normalized spacial score (nSPS) is 17.9. The number of anilines is 1. The molecular formula is C16H20N6O2. The highest BCUT2D eigenvalue weighted by atomic mass is 16.2. The molecule has 0 aromatic carbocycles. The van der Waals surface area contributed by atoms with Gasteiger partial charge in [0, 0.05) is 38.1 Å². The standard InChI is InChI=1S/C16H20N6O2/c17-9-13-14(19-6-5-18-13)22-7-3-11(4-8-22)10-20-15(23)16(24)21-12-1-2-12/h5-6,11-12H,1-4,7-8,10H2,(H,20,23)(H,21,24). The van der Waals surface area contributed by atoms with Gasteiger partial charge < -0.3 is 15.5 Å².